The summed E-state index contributed by atoms with van der Waals surface area (Å²) in [5.74, 6) is 0. The molecule has 0 aliphatic carbocycles. The molecule has 0 aliphatic heterocycles. The van der Waals surface area contributed by atoms with Crippen LogP contribution >= 0.6 is 33.9 Å². The fourth-order valence-corrected chi connectivity index (χ4v) is 2.84. The van der Waals surface area contributed by atoms with Gasteiger partial charge in [-0.15, -0.1) is 10.2 Å². The Balaban J connectivity index is 2.61. The van der Waals surface area contributed by atoms with Gasteiger partial charge >= 0.3 is 0 Å². The number of halogens is 1. The molecule has 0 unspecified atom stereocenters. The van der Waals surface area contributed by atoms with Crippen LogP contribution in [0, 0.1) is 16.9 Å². The first kappa shape index (κ1) is 10.0. The maximum Gasteiger partial charge on any atom is 0.178 e. The van der Waals surface area contributed by atoms with Gasteiger partial charge in [0, 0.05) is 12.7 Å². The number of aryl methyl sites for hydroxylation is 2. The molecule has 0 atom stereocenters. The van der Waals surface area contributed by atoms with Gasteiger partial charge in [0.05, 0.1) is 11.3 Å². The Hall–Kier alpha value is -0.500. The molecule has 2 aromatic heterocycles. The van der Waals surface area contributed by atoms with Gasteiger partial charge in [-0.05, 0) is 36.4 Å². The Kier molecular flexibility index (Phi) is 2.56. The van der Waals surface area contributed by atoms with E-state index >= 15 is 0 Å². The minimum Gasteiger partial charge on any atom is -0.272 e. The van der Waals surface area contributed by atoms with Crippen molar-refractivity contribution in [2.45, 2.75) is 13.8 Å². The fraction of sp³-hybridized carbons (Fsp3) is 0.375. The molecule has 4 nitrogen and oxygen atoms in total. The summed E-state index contributed by atoms with van der Waals surface area (Å²) in [6.07, 6.45) is 0. The van der Waals surface area contributed by atoms with E-state index in [2.05, 4.69) is 37.9 Å². The third kappa shape index (κ3) is 1.56. The van der Waals surface area contributed by atoms with E-state index in [-0.39, 0.29) is 0 Å². The van der Waals surface area contributed by atoms with Gasteiger partial charge in [-0.3, -0.25) is 4.68 Å². The van der Waals surface area contributed by atoms with Crippen LogP contribution in [0.2, 0.25) is 0 Å². The maximum absolute atomic E-state index is 4.35. The second kappa shape index (κ2) is 3.58. The van der Waals surface area contributed by atoms with Crippen LogP contribution in [-0.2, 0) is 7.05 Å². The number of hydrogen-bond donors (Lipinski definition) is 0. The number of aromatic nitrogens is 4. The highest BCUT2D eigenvalue weighted by Gasteiger charge is 2.15. The lowest BCUT2D eigenvalue weighted by molar-refractivity contribution is 0.731. The first-order chi connectivity index (χ1) is 6.59. The van der Waals surface area contributed by atoms with Gasteiger partial charge in [0.15, 0.2) is 8.02 Å². The third-order valence-corrected chi connectivity index (χ3v) is 3.73. The molecule has 2 rings (SSSR count). The molecule has 2 heterocycles. The summed E-state index contributed by atoms with van der Waals surface area (Å²) in [7, 11) is 1.94. The fourth-order valence-electron chi connectivity index (χ4n) is 1.39. The van der Waals surface area contributed by atoms with E-state index in [0.717, 1.165) is 25.0 Å². The molecular weight excluding hydrogens is 311 g/mol. The van der Waals surface area contributed by atoms with E-state index < -0.39 is 0 Å². The zero-order valence-electron chi connectivity index (χ0n) is 8.08. The Bertz CT molecular complexity index is 474. The Morgan fingerprint density at radius 2 is 2.00 bits per heavy atom. The molecule has 0 aromatic carbocycles. The van der Waals surface area contributed by atoms with Crippen molar-refractivity contribution >= 4 is 33.9 Å². The van der Waals surface area contributed by atoms with Crippen molar-refractivity contribution in [3.63, 3.8) is 0 Å². The van der Waals surface area contributed by atoms with Gasteiger partial charge in [0.1, 0.15) is 0 Å². The molecule has 0 bridgehead atoms. The zero-order chi connectivity index (χ0) is 10.3. The minimum atomic E-state index is 0.956. The predicted octanol–water partition coefficient (Wildman–Crippen LogP) is 2.16. The highest BCUT2D eigenvalue weighted by molar-refractivity contribution is 14.1. The topological polar surface area (TPSA) is 43.6 Å². The Labute approximate surface area is 99.5 Å². The van der Waals surface area contributed by atoms with Crippen LogP contribution in [-0.4, -0.2) is 20.0 Å². The van der Waals surface area contributed by atoms with Crippen LogP contribution in [0.3, 0.4) is 0 Å². The second-order valence-electron chi connectivity index (χ2n) is 3.03. The molecule has 0 N–H and O–H groups in total. The lowest BCUT2D eigenvalue weighted by Crippen LogP contribution is -1.92. The highest BCUT2D eigenvalue weighted by Crippen LogP contribution is 2.29. The molecule has 0 spiro atoms. The van der Waals surface area contributed by atoms with Gasteiger partial charge in [-0.25, -0.2) is 0 Å². The van der Waals surface area contributed by atoms with Gasteiger partial charge in [0.25, 0.3) is 0 Å². The van der Waals surface area contributed by atoms with Crippen LogP contribution in [0.15, 0.2) is 0 Å². The lowest BCUT2D eigenvalue weighted by atomic mass is 10.2. The summed E-state index contributed by atoms with van der Waals surface area (Å²) in [5, 5.41) is 13.4. The van der Waals surface area contributed by atoms with Crippen molar-refractivity contribution in [3.8, 4) is 10.6 Å². The molecule has 0 radical (unpaired) electrons. The van der Waals surface area contributed by atoms with E-state index in [9.17, 15) is 0 Å². The number of rotatable bonds is 1. The first-order valence-corrected chi connectivity index (χ1v) is 5.98. The maximum atomic E-state index is 4.35. The average Bonchev–Trinajstić information content (AvgIpc) is 2.60. The molecule has 0 amide bonds. The van der Waals surface area contributed by atoms with Gasteiger partial charge in [0.2, 0.25) is 0 Å². The Morgan fingerprint density at radius 1 is 1.29 bits per heavy atom. The van der Waals surface area contributed by atoms with Crippen LogP contribution in [0.25, 0.3) is 10.6 Å². The van der Waals surface area contributed by atoms with Gasteiger partial charge in [-0.1, -0.05) is 11.3 Å². The zero-order valence-corrected chi connectivity index (χ0v) is 11.0. The molecular formula is C8H9IN4S. The summed E-state index contributed by atoms with van der Waals surface area (Å²) < 4.78 is 2.83. The second-order valence-corrected chi connectivity index (χ2v) is 5.76. The normalized spacial score (nSPS) is 10.9. The molecule has 2 aromatic rings. The van der Waals surface area contributed by atoms with Crippen LogP contribution in [0.4, 0.5) is 0 Å². The van der Waals surface area contributed by atoms with Gasteiger partial charge < -0.3 is 0 Å². The SMILES string of the molecule is Cc1nn(C)c(C)c1-c1nnc(I)s1. The summed E-state index contributed by atoms with van der Waals surface area (Å²) >= 11 is 3.77. The summed E-state index contributed by atoms with van der Waals surface area (Å²) in [5.41, 5.74) is 3.26. The van der Waals surface area contributed by atoms with Crippen LogP contribution < -0.4 is 0 Å². The molecule has 14 heavy (non-hydrogen) atoms. The van der Waals surface area contributed by atoms with E-state index in [1.165, 1.54) is 0 Å². The quantitative estimate of drug-likeness (QED) is 0.757. The van der Waals surface area contributed by atoms with Crippen molar-refractivity contribution in [3.05, 3.63) is 14.4 Å². The Morgan fingerprint density at radius 3 is 2.43 bits per heavy atom. The summed E-state index contributed by atoms with van der Waals surface area (Å²) in [6.45, 7) is 4.04. The van der Waals surface area contributed by atoms with Crippen molar-refractivity contribution in [1.82, 2.24) is 20.0 Å². The van der Waals surface area contributed by atoms with Crippen molar-refractivity contribution in [2.75, 3.05) is 0 Å². The summed E-state index contributed by atoms with van der Waals surface area (Å²) in [6, 6.07) is 0. The predicted molar refractivity (Wildman–Crippen MR) is 64.3 cm³/mol. The molecule has 0 saturated heterocycles. The molecule has 6 heteroatoms. The van der Waals surface area contributed by atoms with E-state index in [4.69, 9.17) is 0 Å². The van der Waals surface area contributed by atoms with Gasteiger partial charge in [-0.2, -0.15) is 5.10 Å². The minimum absolute atomic E-state index is 0.956. The molecule has 0 saturated carbocycles. The lowest BCUT2D eigenvalue weighted by Gasteiger charge is -1.94. The molecule has 0 fully saturated rings. The number of nitrogens with zero attached hydrogens (tertiary/aromatic N) is 4. The highest BCUT2D eigenvalue weighted by atomic mass is 127. The average molecular weight is 320 g/mol. The van der Waals surface area contributed by atoms with Crippen molar-refractivity contribution < 1.29 is 0 Å². The molecule has 0 aliphatic rings. The van der Waals surface area contributed by atoms with Crippen LogP contribution in [0.5, 0.6) is 0 Å². The van der Waals surface area contributed by atoms with Crippen LogP contribution in [0.1, 0.15) is 11.4 Å². The standard InChI is InChI=1S/C8H9IN4S/c1-4-6(5(2)13(3)12-4)7-10-11-8(9)14-7/h1-3H3. The van der Waals surface area contributed by atoms with E-state index in [1.807, 2.05) is 25.6 Å². The smallest absolute Gasteiger partial charge is 0.178 e. The summed E-state index contributed by atoms with van der Waals surface area (Å²) in [4.78, 5) is 0. The van der Waals surface area contributed by atoms with Crippen molar-refractivity contribution in [2.24, 2.45) is 7.05 Å². The van der Waals surface area contributed by atoms with E-state index in [1.54, 1.807) is 11.3 Å². The number of hydrogen-bond acceptors (Lipinski definition) is 4. The van der Waals surface area contributed by atoms with Crippen molar-refractivity contribution in [1.29, 1.82) is 0 Å². The largest absolute Gasteiger partial charge is 0.272 e. The third-order valence-electron chi connectivity index (χ3n) is 2.12. The monoisotopic (exact) mass is 320 g/mol. The molecule has 74 valence electrons. The van der Waals surface area contributed by atoms with E-state index in [0.29, 0.717) is 0 Å². The first-order valence-electron chi connectivity index (χ1n) is 4.09.